The van der Waals surface area contributed by atoms with Crippen molar-refractivity contribution in [1.82, 2.24) is 9.78 Å². The third kappa shape index (κ3) is 1.71. The second kappa shape index (κ2) is 3.62. The predicted octanol–water partition coefficient (Wildman–Crippen LogP) is 2.95. The zero-order chi connectivity index (χ0) is 12.0. The first-order valence-electron chi connectivity index (χ1n) is 6.09. The highest BCUT2D eigenvalue weighted by Crippen LogP contribution is 2.40. The van der Waals surface area contributed by atoms with Crippen LogP contribution >= 0.6 is 0 Å². The van der Waals surface area contributed by atoms with Gasteiger partial charge in [-0.05, 0) is 37.8 Å². The predicted molar refractivity (Wildman–Crippen MR) is 69.4 cm³/mol. The first-order valence-corrected chi connectivity index (χ1v) is 6.09. The standard InChI is InChI=1S/C14H17N3/c1-9-4-3-5-10(2)14(9)17-13(15)8-12(16-17)11-6-7-11/h3-5,8,11H,6-7,15H2,1-2H3. The van der Waals surface area contributed by atoms with E-state index in [4.69, 9.17) is 5.73 Å². The first-order chi connectivity index (χ1) is 8.16. The average Bonchev–Trinajstić information content (AvgIpc) is 3.05. The van der Waals surface area contributed by atoms with Gasteiger partial charge < -0.3 is 5.73 Å². The monoisotopic (exact) mass is 227 g/mol. The summed E-state index contributed by atoms with van der Waals surface area (Å²) in [6.45, 7) is 4.19. The molecule has 1 aliphatic rings. The number of hydrogen-bond donors (Lipinski definition) is 1. The maximum absolute atomic E-state index is 6.08. The van der Waals surface area contributed by atoms with Crippen LogP contribution in [0.15, 0.2) is 24.3 Å². The Hall–Kier alpha value is -1.77. The first kappa shape index (κ1) is 10.4. The van der Waals surface area contributed by atoms with Crippen molar-refractivity contribution in [3.63, 3.8) is 0 Å². The van der Waals surface area contributed by atoms with Crippen molar-refractivity contribution in [3.8, 4) is 5.69 Å². The zero-order valence-electron chi connectivity index (χ0n) is 10.3. The number of anilines is 1. The Kier molecular flexibility index (Phi) is 2.21. The Morgan fingerprint density at radius 3 is 2.47 bits per heavy atom. The Balaban J connectivity index is 2.14. The fourth-order valence-electron chi connectivity index (χ4n) is 2.31. The van der Waals surface area contributed by atoms with E-state index in [9.17, 15) is 0 Å². The molecule has 1 aromatic heterocycles. The minimum atomic E-state index is 0.642. The van der Waals surface area contributed by atoms with Gasteiger partial charge in [0.2, 0.25) is 0 Å². The van der Waals surface area contributed by atoms with Crippen molar-refractivity contribution in [2.45, 2.75) is 32.6 Å². The fraction of sp³-hybridized carbons (Fsp3) is 0.357. The lowest BCUT2D eigenvalue weighted by Crippen LogP contribution is -2.05. The van der Waals surface area contributed by atoms with E-state index in [0.717, 1.165) is 17.2 Å². The summed E-state index contributed by atoms with van der Waals surface area (Å²) in [7, 11) is 0. The molecule has 0 bridgehead atoms. The quantitative estimate of drug-likeness (QED) is 0.857. The van der Waals surface area contributed by atoms with E-state index >= 15 is 0 Å². The summed E-state index contributed by atoms with van der Waals surface area (Å²) < 4.78 is 1.89. The maximum atomic E-state index is 6.08. The number of nitrogens with zero attached hydrogens (tertiary/aromatic N) is 2. The van der Waals surface area contributed by atoms with E-state index in [1.807, 2.05) is 10.7 Å². The van der Waals surface area contributed by atoms with Gasteiger partial charge in [0.25, 0.3) is 0 Å². The number of aryl methyl sites for hydroxylation is 2. The molecule has 1 saturated carbocycles. The van der Waals surface area contributed by atoms with Gasteiger partial charge >= 0.3 is 0 Å². The zero-order valence-corrected chi connectivity index (χ0v) is 10.3. The van der Waals surface area contributed by atoms with Crippen molar-refractivity contribution in [1.29, 1.82) is 0 Å². The van der Waals surface area contributed by atoms with Crippen LogP contribution in [0.5, 0.6) is 0 Å². The van der Waals surface area contributed by atoms with Crippen LogP contribution in [0.25, 0.3) is 5.69 Å². The molecule has 2 aromatic rings. The van der Waals surface area contributed by atoms with Crippen LogP contribution in [0, 0.1) is 13.8 Å². The van der Waals surface area contributed by atoms with Gasteiger partial charge in [0.05, 0.1) is 11.4 Å². The Bertz CT molecular complexity index is 545. The molecule has 2 N–H and O–H groups in total. The molecule has 0 radical (unpaired) electrons. The lowest BCUT2D eigenvalue weighted by Gasteiger charge is -2.10. The van der Waals surface area contributed by atoms with Gasteiger partial charge in [-0.1, -0.05) is 18.2 Å². The van der Waals surface area contributed by atoms with E-state index in [-0.39, 0.29) is 0 Å². The SMILES string of the molecule is Cc1cccc(C)c1-n1nc(C2CC2)cc1N. The molecule has 88 valence electrons. The number of nitrogen functional groups attached to an aromatic ring is 1. The van der Waals surface area contributed by atoms with E-state index in [1.54, 1.807) is 0 Å². The molecule has 3 nitrogen and oxygen atoms in total. The molecule has 1 aliphatic carbocycles. The summed E-state index contributed by atoms with van der Waals surface area (Å²) in [5.74, 6) is 1.38. The lowest BCUT2D eigenvalue weighted by atomic mass is 10.1. The normalized spacial score (nSPS) is 15.2. The molecule has 1 aromatic carbocycles. The van der Waals surface area contributed by atoms with Gasteiger partial charge in [-0.15, -0.1) is 0 Å². The lowest BCUT2D eigenvalue weighted by molar-refractivity contribution is 0.834. The minimum absolute atomic E-state index is 0.642. The molecule has 3 heteroatoms. The van der Waals surface area contributed by atoms with Gasteiger partial charge in [-0.3, -0.25) is 0 Å². The van der Waals surface area contributed by atoms with Gasteiger partial charge in [-0.25, -0.2) is 4.68 Å². The van der Waals surface area contributed by atoms with Crippen molar-refractivity contribution < 1.29 is 0 Å². The second-order valence-corrected chi connectivity index (χ2v) is 4.92. The van der Waals surface area contributed by atoms with Crippen molar-refractivity contribution >= 4 is 5.82 Å². The van der Waals surface area contributed by atoms with Crippen LogP contribution < -0.4 is 5.73 Å². The molecule has 0 unspecified atom stereocenters. The maximum Gasteiger partial charge on any atom is 0.127 e. The molecule has 1 fully saturated rings. The number of hydrogen-bond acceptors (Lipinski definition) is 2. The van der Waals surface area contributed by atoms with E-state index in [2.05, 4.69) is 37.1 Å². The number of benzene rings is 1. The third-order valence-electron chi connectivity index (χ3n) is 3.40. The number of nitrogens with two attached hydrogens (primary N) is 1. The summed E-state index contributed by atoms with van der Waals surface area (Å²) in [5.41, 5.74) is 10.8. The van der Waals surface area contributed by atoms with Gasteiger partial charge in [0.1, 0.15) is 5.82 Å². The molecule has 0 atom stereocenters. The molecule has 0 saturated heterocycles. The van der Waals surface area contributed by atoms with Gasteiger partial charge in [0, 0.05) is 12.0 Å². The van der Waals surface area contributed by atoms with Crippen LogP contribution in [0.4, 0.5) is 5.82 Å². The number of rotatable bonds is 2. The molecule has 0 spiro atoms. The molecular weight excluding hydrogens is 210 g/mol. The Labute approximate surface area is 101 Å². The molecule has 1 heterocycles. The highest BCUT2D eigenvalue weighted by molar-refractivity contribution is 5.52. The summed E-state index contributed by atoms with van der Waals surface area (Å²) in [6.07, 6.45) is 2.51. The van der Waals surface area contributed by atoms with Crippen LogP contribution in [0.3, 0.4) is 0 Å². The summed E-state index contributed by atoms with van der Waals surface area (Å²) >= 11 is 0. The van der Waals surface area contributed by atoms with Gasteiger partial charge in [-0.2, -0.15) is 5.10 Å². The highest BCUT2D eigenvalue weighted by Gasteiger charge is 2.27. The molecule has 17 heavy (non-hydrogen) atoms. The van der Waals surface area contributed by atoms with Crippen molar-refractivity contribution in [3.05, 3.63) is 41.1 Å². The minimum Gasteiger partial charge on any atom is -0.384 e. The molecule has 0 amide bonds. The summed E-state index contributed by atoms with van der Waals surface area (Å²) in [6, 6.07) is 8.28. The Morgan fingerprint density at radius 2 is 1.88 bits per heavy atom. The number of para-hydroxylation sites is 1. The van der Waals surface area contributed by atoms with Crippen molar-refractivity contribution in [2.24, 2.45) is 0 Å². The highest BCUT2D eigenvalue weighted by atomic mass is 15.3. The Morgan fingerprint density at radius 1 is 1.24 bits per heavy atom. The molecular formula is C14H17N3. The van der Waals surface area contributed by atoms with E-state index in [0.29, 0.717) is 5.92 Å². The molecule has 0 aliphatic heterocycles. The summed E-state index contributed by atoms with van der Waals surface area (Å²) in [4.78, 5) is 0. The fourth-order valence-corrected chi connectivity index (χ4v) is 2.31. The topological polar surface area (TPSA) is 43.8 Å². The third-order valence-corrected chi connectivity index (χ3v) is 3.40. The largest absolute Gasteiger partial charge is 0.384 e. The molecule has 3 rings (SSSR count). The van der Waals surface area contributed by atoms with E-state index < -0.39 is 0 Å². The van der Waals surface area contributed by atoms with Crippen LogP contribution in [0.1, 0.15) is 35.6 Å². The van der Waals surface area contributed by atoms with Crippen molar-refractivity contribution in [2.75, 3.05) is 5.73 Å². The average molecular weight is 227 g/mol. The second-order valence-electron chi connectivity index (χ2n) is 4.92. The van der Waals surface area contributed by atoms with E-state index in [1.165, 1.54) is 24.0 Å². The van der Waals surface area contributed by atoms with Crippen LogP contribution in [-0.2, 0) is 0 Å². The van der Waals surface area contributed by atoms with Crippen LogP contribution in [-0.4, -0.2) is 9.78 Å². The smallest absolute Gasteiger partial charge is 0.127 e. The number of aromatic nitrogens is 2. The van der Waals surface area contributed by atoms with Gasteiger partial charge in [0.15, 0.2) is 0 Å². The van der Waals surface area contributed by atoms with Crippen LogP contribution in [0.2, 0.25) is 0 Å². The summed E-state index contributed by atoms with van der Waals surface area (Å²) in [5, 5.41) is 4.66.